The van der Waals surface area contributed by atoms with Crippen molar-refractivity contribution >= 4 is 23.3 Å². The van der Waals surface area contributed by atoms with Gasteiger partial charge in [0.15, 0.2) is 0 Å². The van der Waals surface area contributed by atoms with Crippen LogP contribution >= 0.6 is 11.3 Å². The number of dihydropyridines is 1. The van der Waals surface area contributed by atoms with Gasteiger partial charge in [0.1, 0.15) is 0 Å². The number of aliphatic carboxylic acids is 2. The quantitative estimate of drug-likeness (QED) is 0.797. The van der Waals surface area contributed by atoms with Crippen LogP contribution in [-0.4, -0.2) is 22.2 Å². The highest BCUT2D eigenvalue weighted by atomic mass is 32.1. The summed E-state index contributed by atoms with van der Waals surface area (Å²) < 4.78 is 0. The molecule has 0 radical (unpaired) electrons. The normalized spacial score (nSPS) is 16.4. The predicted molar refractivity (Wildman–Crippen MR) is 75.6 cm³/mol. The smallest absolute Gasteiger partial charge is 0.334 e. The van der Waals surface area contributed by atoms with Gasteiger partial charge in [0.2, 0.25) is 0 Å². The fourth-order valence-corrected chi connectivity index (χ4v) is 3.45. The molecule has 0 saturated heterocycles. The van der Waals surface area contributed by atoms with Crippen LogP contribution in [0.2, 0.25) is 0 Å². The van der Waals surface area contributed by atoms with Crippen LogP contribution in [0.4, 0.5) is 0 Å². The summed E-state index contributed by atoms with van der Waals surface area (Å²) in [5, 5.41) is 21.7. The second-order valence-corrected chi connectivity index (χ2v) is 6.01. The van der Waals surface area contributed by atoms with Gasteiger partial charge in [-0.1, -0.05) is 0 Å². The zero-order valence-electron chi connectivity index (χ0n) is 11.4. The highest BCUT2D eigenvalue weighted by Crippen LogP contribution is 2.40. The third-order valence-corrected chi connectivity index (χ3v) is 4.33. The number of rotatable bonds is 3. The molecular weight excluding hydrogens is 278 g/mol. The molecule has 3 N–H and O–H groups in total. The Morgan fingerprint density at radius 1 is 1.05 bits per heavy atom. The van der Waals surface area contributed by atoms with Gasteiger partial charge in [-0.2, -0.15) is 0 Å². The van der Waals surface area contributed by atoms with E-state index >= 15 is 0 Å². The third-order valence-electron chi connectivity index (χ3n) is 3.27. The zero-order valence-corrected chi connectivity index (χ0v) is 12.2. The van der Waals surface area contributed by atoms with E-state index in [9.17, 15) is 19.8 Å². The number of nitrogens with one attached hydrogen (secondary N) is 1. The number of aryl methyl sites for hydroxylation is 1. The SMILES string of the molecule is CC1=C(C(=O)O)C(c2ccc(C)s2)C(C(=O)O)=C(C)N1. The average molecular weight is 293 g/mol. The summed E-state index contributed by atoms with van der Waals surface area (Å²) in [4.78, 5) is 24.8. The highest BCUT2D eigenvalue weighted by Gasteiger charge is 2.37. The van der Waals surface area contributed by atoms with Crippen LogP contribution in [0.1, 0.15) is 29.5 Å². The molecule has 2 rings (SSSR count). The molecule has 2 heterocycles. The van der Waals surface area contributed by atoms with Gasteiger partial charge < -0.3 is 15.5 Å². The van der Waals surface area contributed by atoms with E-state index in [0.29, 0.717) is 11.4 Å². The summed E-state index contributed by atoms with van der Waals surface area (Å²) in [5.74, 6) is -2.93. The number of hydrogen-bond donors (Lipinski definition) is 3. The van der Waals surface area contributed by atoms with E-state index < -0.39 is 17.9 Å². The van der Waals surface area contributed by atoms with Gasteiger partial charge in [-0.25, -0.2) is 9.59 Å². The number of carboxylic acids is 2. The fourth-order valence-electron chi connectivity index (χ4n) is 2.45. The fraction of sp³-hybridized carbons (Fsp3) is 0.286. The van der Waals surface area contributed by atoms with E-state index in [-0.39, 0.29) is 11.1 Å². The molecule has 0 amide bonds. The van der Waals surface area contributed by atoms with Crippen molar-refractivity contribution in [1.82, 2.24) is 5.32 Å². The molecule has 0 atom stereocenters. The van der Waals surface area contributed by atoms with Crippen molar-refractivity contribution < 1.29 is 19.8 Å². The maximum atomic E-state index is 11.5. The molecule has 1 aromatic rings. The van der Waals surface area contributed by atoms with Gasteiger partial charge in [-0.15, -0.1) is 11.3 Å². The van der Waals surface area contributed by atoms with E-state index in [4.69, 9.17) is 0 Å². The lowest BCUT2D eigenvalue weighted by atomic mass is 9.84. The molecule has 0 saturated carbocycles. The highest BCUT2D eigenvalue weighted by molar-refractivity contribution is 7.12. The Morgan fingerprint density at radius 3 is 1.90 bits per heavy atom. The Bertz CT molecular complexity index is 618. The zero-order chi connectivity index (χ0) is 15.0. The van der Waals surface area contributed by atoms with Gasteiger partial charge in [0.25, 0.3) is 0 Å². The largest absolute Gasteiger partial charge is 0.478 e. The molecule has 0 unspecified atom stereocenters. The maximum Gasteiger partial charge on any atom is 0.334 e. The summed E-state index contributed by atoms with van der Waals surface area (Å²) in [6, 6.07) is 3.66. The lowest BCUT2D eigenvalue weighted by molar-refractivity contribution is -0.133. The Labute approximate surface area is 120 Å². The minimum absolute atomic E-state index is 0.0925. The molecule has 0 aromatic carbocycles. The third kappa shape index (κ3) is 2.34. The van der Waals surface area contributed by atoms with E-state index in [1.165, 1.54) is 11.3 Å². The number of carbonyl (C=O) groups is 2. The van der Waals surface area contributed by atoms with Crippen LogP contribution in [0, 0.1) is 6.92 Å². The van der Waals surface area contributed by atoms with E-state index in [2.05, 4.69) is 5.32 Å². The molecule has 0 bridgehead atoms. The van der Waals surface area contributed by atoms with Gasteiger partial charge >= 0.3 is 11.9 Å². The lowest BCUT2D eigenvalue weighted by Crippen LogP contribution is -2.30. The second kappa shape index (κ2) is 5.13. The first-order chi connectivity index (χ1) is 9.32. The molecular formula is C14H15NO4S. The maximum absolute atomic E-state index is 11.5. The molecule has 0 aliphatic carbocycles. The summed E-state index contributed by atoms with van der Waals surface area (Å²) in [6.45, 7) is 5.21. The molecule has 1 aromatic heterocycles. The van der Waals surface area contributed by atoms with Crippen molar-refractivity contribution in [3.63, 3.8) is 0 Å². The average Bonchev–Trinajstić information content (AvgIpc) is 2.73. The Morgan fingerprint density at radius 2 is 1.55 bits per heavy atom. The van der Waals surface area contributed by atoms with Crippen molar-refractivity contribution in [2.24, 2.45) is 0 Å². The van der Waals surface area contributed by atoms with Crippen molar-refractivity contribution in [2.75, 3.05) is 0 Å². The summed E-state index contributed by atoms with van der Waals surface area (Å²) in [6.07, 6.45) is 0. The monoisotopic (exact) mass is 293 g/mol. The van der Waals surface area contributed by atoms with Crippen molar-refractivity contribution in [2.45, 2.75) is 26.7 Å². The van der Waals surface area contributed by atoms with Crippen LogP contribution in [0.3, 0.4) is 0 Å². The Hall–Kier alpha value is -2.08. The standard InChI is InChI=1S/C14H15NO4S/c1-6-4-5-9(20-6)12-10(13(16)17)7(2)15-8(3)11(12)14(18)19/h4-5,12,15H,1-3H3,(H,16,17)(H,18,19). The van der Waals surface area contributed by atoms with Crippen LogP contribution in [0.5, 0.6) is 0 Å². The first kappa shape index (κ1) is 14.3. The van der Waals surface area contributed by atoms with E-state index in [0.717, 1.165) is 9.75 Å². The Kier molecular flexibility index (Phi) is 3.67. The molecule has 0 spiro atoms. The molecule has 1 aliphatic rings. The molecule has 5 nitrogen and oxygen atoms in total. The van der Waals surface area contributed by atoms with Crippen LogP contribution in [0.25, 0.3) is 0 Å². The van der Waals surface area contributed by atoms with Crippen LogP contribution in [0.15, 0.2) is 34.7 Å². The first-order valence-electron chi connectivity index (χ1n) is 6.04. The number of carboxylic acid groups (broad SMARTS) is 2. The second-order valence-electron chi connectivity index (χ2n) is 4.69. The van der Waals surface area contributed by atoms with Crippen molar-refractivity contribution in [3.8, 4) is 0 Å². The van der Waals surface area contributed by atoms with Crippen molar-refractivity contribution in [1.29, 1.82) is 0 Å². The van der Waals surface area contributed by atoms with Crippen LogP contribution < -0.4 is 5.32 Å². The van der Waals surface area contributed by atoms with Gasteiger partial charge in [-0.3, -0.25) is 0 Å². The number of allylic oxidation sites excluding steroid dienone is 2. The molecule has 106 valence electrons. The lowest BCUT2D eigenvalue weighted by Gasteiger charge is -2.27. The number of hydrogen-bond acceptors (Lipinski definition) is 4. The van der Waals surface area contributed by atoms with Crippen molar-refractivity contribution in [3.05, 3.63) is 44.4 Å². The van der Waals surface area contributed by atoms with Gasteiger partial charge in [-0.05, 0) is 32.9 Å². The Balaban J connectivity index is 2.67. The molecule has 6 heteroatoms. The predicted octanol–water partition coefficient (Wildman–Crippen LogP) is 2.46. The van der Waals surface area contributed by atoms with Crippen LogP contribution in [-0.2, 0) is 9.59 Å². The minimum atomic E-state index is -1.10. The topological polar surface area (TPSA) is 86.6 Å². The van der Waals surface area contributed by atoms with E-state index in [1.807, 2.05) is 13.0 Å². The van der Waals surface area contributed by atoms with Gasteiger partial charge in [0.05, 0.1) is 17.1 Å². The summed E-state index contributed by atoms with van der Waals surface area (Å²) in [7, 11) is 0. The first-order valence-corrected chi connectivity index (χ1v) is 6.86. The number of thiophene rings is 1. The summed E-state index contributed by atoms with van der Waals surface area (Å²) >= 11 is 1.42. The molecule has 1 aliphatic heterocycles. The molecule has 0 fully saturated rings. The molecule has 20 heavy (non-hydrogen) atoms. The minimum Gasteiger partial charge on any atom is -0.478 e. The summed E-state index contributed by atoms with van der Waals surface area (Å²) in [5.41, 5.74) is 1.15. The van der Waals surface area contributed by atoms with Gasteiger partial charge in [0, 0.05) is 21.1 Å². The van der Waals surface area contributed by atoms with E-state index in [1.54, 1.807) is 19.9 Å².